The molecular formula is C15H19N3O. The lowest BCUT2D eigenvalue weighted by Crippen LogP contribution is -2.16. The summed E-state index contributed by atoms with van der Waals surface area (Å²) in [7, 11) is 0. The first-order valence-electron chi connectivity index (χ1n) is 6.96. The largest absolute Gasteiger partial charge is 0.425 e. The summed E-state index contributed by atoms with van der Waals surface area (Å²) in [5.41, 5.74) is 1.37. The van der Waals surface area contributed by atoms with Crippen LogP contribution in [0, 0.1) is 0 Å². The van der Waals surface area contributed by atoms with Gasteiger partial charge in [-0.3, -0.25) is 0 Å². The third-order valence-electron chi connectivity index (χ3n) is 3.58. The van der Waals surface area contributed by atoms with Gasteiger partial charge in [-0.05, 0) is 24.4 Å². The Hall–Kier alpha value is -1.68. The van der Waals surface area contributed by atoms with Crippen molar-refractivity contribution in [1.29, 1.82) is 0 Å². The average Bonchev–Trinajstić information content (AvgIpc) is 3.12. The predicted molar refractivity (Wildman–Crippen MR) is 73.1 cm³/mol. The van der Waals surface area contributed by atoms with Gasteiger partial charge in [-0.15, -0.1) is 10.2 Å². The van der Waals surface area contributed by atoms with Crippen molar-refractivity contribution >= 4 is 0 Å². The summed E-state index contributed by atoms with van der Waals surface area (Å²) in [6.45, 7) is 3.96. The molecule has 2 atom stereocenters. The zero-order chi connectivity index (χ0) is 13.1. The molecule has 0 aliphatic heterocycles. The van der Waals surface area contributed by atoms with Crippen LogP contribution in [0.25, 0.3) is 0 Å². The second-order valence-corrected chi connectivity index (χ2v) is 5.00. The van der Waals surface area contributed by atoms with E-state index in [0.29, 0.717) is 11.8 Å². The molecule has 100 valence electrons. The summed E-state index contributed by atoms with van der Waals surface area (Å²) in [5.74, 6) is 2.53. The Morgan fingerprint density at radius 2 is 2.05 bits per heavy atom. The number of hydrogen-bond acceptors (Lipinski definition) is 4. The Kier molecular flexibility index (Phi) is 3.60. The number of benzene rings is 1. The summed E-state index contributed by atoms with van der Waals surface area (Å²) >= 11 is 0. The van der Waals surface area contributed by atoms with Crippen molar-refractivity contribution in [2.75, 3.05) is 13.1 Å². The van der Waals surface area contributed by atoms with Gasteiger partial charge in [-0.1, -0.05) is 37.3 Å². The third kappa shape index (κ3) is 2.84. The van der Waals surface area contributed by atoms with Gasteiger partial charge in [0, 0.05) is 18.9 Å². The van der Waals surface area contributed by atoms with Crippen molar-refractivity contribution in [3.63, 3.8) is 0 Å². The average molecular weight is 257 g/mol. The van der Waals surface area contributed by atoms with E-state index in [-0.39, 0.29) is 0 Å². The van der Waals surface area contributed by atoms with Gasteiger partial charge in [0.05, 0.1) is 0 Å². The van der Waals surface area contributed by atoms with E-state index in [1.807, 2.05) is 6.07 Å². The van der Waals surface area contributed by atoms with Gasteiger partial charge in [-0.25, -0.2) is 0 Å². The lowest BCUT2D eigenvalue weighted by atomic mass is 10.1. The molecule has 1 aromatic carbocycles. The molecule has 2 aromatic rings. The maximum Gasteiger partial charge on any atom is 0.220 e. The molecule has 1 saturated carbocycles. The number of rotatable bonds is 6. The number of likely N-dealkylation sites (N-methyl/N-ethyl adjacent to an activating group) is 1. The highest BCUT2D eigenvalue weighted by molar-refractivity contribution is 5.30. The second-order valence-electron chi connectivity index (χ2n) is 5.00. The lowest BCUT2D eigenvalue weighted by Gasteiger charge is -1.97. The number of hydrogen-bond donors (Lipinski definition) is 1. The summed E-state index contributed by atoms with van der Waals surface area (Å²) in [4.78, 5) is 0. The van der Waals surface area contributed by atoms with Crippen LogP contribution < -0.4 is 5.32 Å². The Morgan fingerprint density at radius 3 is 2.84 bits per heavy atom. The van der Waals surface area contributed by atoms with Crippen LogP contribution in [-0.2, 0) is 6.42 Å². The zero-order valence-electron chi connectivity index (χ0n) is 11.2. The molecule has 3 rings (SSSR count). The van der Waals surface area contributed by atoms with Crippen molar-refractivity contribution in [1.82, 2.24) is 15.5 Å². The molecule has 1 aliphatic rings. The molecule has 4 heteroatoms. The standard InChI is InChI=1S/C15H19N3O/c1-2-16-9-8-14-17-18-15(19-14)13-10-12(13)11-6-4-3-5-7-11/h3-7,12-13,16H,2,8-10H2,1H3. The molecule has 1 N–H and O–H groups in total. The minimum absolute atomic E-state index is 0.419. The third-order valence-corrected chi connectivity index (χ3v) is 3.58. The van der Waals surface area contributed by atoms with E-state index in [4.69, 9.17) is 4.42 Å². The highest BCUT2D eigenvalue weighted by Gasteiger charge is 2.43. The quantitative estimate of drug-likeness (QED) is 0.808. The maximum absolute atomic E-state index is 5.74. The van der Waals surface area contributed by atoms with E-state index >= 15 is 0 Å². The van der Waals surface area contributed by atoms with Crippen LogP contribution in [0.4, 0.5) is 0 Å². The molecule has 0 saturated heterocycles. The normalized spacial score (nSPS) is 21.5. The maximum atomic E-state index is 5.74. The van der Waals surface area contributed by atoms with Crippen molar-refractivity contribution in [3.8, 4) is 0 Å². The molecule has 1 fully saturated rings. The van der Waals surface area contributed by atoms with Gasteiger partial charge < -0.3 is 9.73 Å². The van der Waals surface area contributed by atoms with Crippen LogP contribution in [-0.4, -0.2) is 23.3 Å². The summed E-state index contributed by atoms with van der Waals surface area (Å²) in [6.07, 6.45) is 1.93. The molecule has 0 bridgehead atoms. The van der Waals surface area contributed by atoms with E-state index in [2.05, 4.69) is 46.7 Å². The minimum atomic E-state index is 0.419. The molecular weight excluding hydrogens is 238 g/mol. The molecule has 2 unspecified atom stereocenters. The topological polar surface area (TPSA) is 51.0 Å². The highest BCUT2D eigenvalue weighted by atomic mass is 16.4. The van der Waals surface area contributed by atoms with Crippen LogP contribution in [0.5, 0.6) is 0 Å². The van der Waals surface area contributed by atoms with E-state index in [1.165, 1.54) is 5.56 Å². The van der Waals surface area contributed by atoms with Crippen LogP contribution in [0.15, 0.2) is 34.7 Å². The molecule has 0 amide bonds. The van der Waals surface area contributed by atoms with E-state index < -0.39 is 0 Å². The van der Waals surface area contributed by atoms with Gasteiger partial charge in [0.25, 0.3) is 0 Å². The molecule has 1 aliphatic carbocycles. The van der Waals surface area contributed by atoms with Gasteiger partial charge in [0.15, 0.2) is 0 Å². The molecule has 0 radical (unpaired) electrons. The monoisotopic (exact) mass is 257 g/mol. The van der Waals surface area contributed by atoms with Gasteiger partial charge in [0.1, 0.15) is 0 Å². The van der Waals surface area contributed by atoms with Crippen LogP contribution in [0.1, 0.15) is 42.5 Å². The molecule has 4 nitrogen and oxygen atoms in total. The molecule has 1 aromatic heterocycles. The smallest absolute Gasteiger partial charge is 0.220 e. The minimum Gasteiger partial charge on any atom is -0.425 e. The number of aromatic nitrogens is 2. The van der Waals surface area contributed by atoms with Crippen molar-refractivity contribution in [3.05, 3.63) is 47.7 Å². The SMILES string of the molecule is CCNCCc1nnc(C2CC2c2ccccc2)o1. The van der Waals surface area contributed by atoms with Crippen molar-refractivity contribution in [2.45, 2.75) is 31.6 Å². The van der Waals surface area contributed by atoms with E-state index in [0.717, 1.165) is 37.7 Å². The zero-order valence-corrected chi connectivity index (χ0v) is 11.2. The van der Waals surface area contributed by atoms with E-state index in [1.54, 1.807) is 0 Å². The van der Waals surface area contributed by atoms with Gasteiger partial charge in [0.2, 0.25) is 11.8 Å². The van der Waals surface area contributed by atoms with Gasteiger partial charge >= 0.3 is 0 Å². The van der Waals surface area contributed by atoms with Crippen LogP contribution in [0.2, 0.25) is 0 Å². The highest BCUT2D eigenvalue weighted by Crippen LogP contribution is 2.53. The van der Waals surface area contributed by atoms with Crippen molar-refractivity contribution in [2.24, 2.45) is 0 Å². The summed E-state index contributed by atoms with van der Waals surface area (Å²) < 4.78 is 5.74. The second kappa shape index (κ2) is 5.53. The predicted octanol–water partition coefficient (Wildman–Crippen LogP) is 2.49. The van der Waals surface area contributed by atoms with Gasteiger partial charge in [-0.2, -0.15) is 0 Å². The number of nitrogens with zero attached hydrogens (tertiary/aromatic N) is 2. The Bertz CT molecular complexity index is 523. The first-order chi connectivity index (χ1) is 9.38. The fourth-order valence-electron chi connectivity index (χ4n) is 2.43. The summed E-state index contributed by atoms with van der Waals surface area (Å²) in [5, 5.41) is 11.6. The Morgan fingerprint density at radius 1 is 1.21 bits per heavy atom. The Balaban J connectivity index is 1.59. The molecule has 0 spiro atoms. The fraction of sp³-hybridized carbons (Fsp3) is 0.467. The first kappa shape index (κ1) is 12.4. The fourth-order valence-corrected chi connectivity index (χ4v) is 2.43. The van der Waals surface area contributed by atoms with Crippen LogP contribution >= 0.6 is 0 Å². The molecule has 1 heterocycles. The van der Waals surface area contributed by atoms with Crippen LogP contribution in [0.3, 0.4) is 0 Å². The first-order valence-corrected chi connectivity index (χ1v) is 6.96. The van der Waals surface area contributed by atoms with E-state index in [9.17, 15) is 0 Å². The molecule has 19 heavy (non-hydrogen) atoms. The number of nitrogens with one attached hydrogen (secondary N) is 1. The van der Waals surface area contributed by atoms with Crippen molar-refractivity contribution < 1.29 is 4.42 Å². The lowest BCUT2D eigenvalue weighted by molar-refractivity contribution is 0.444. The Labute approximate surface area is 113 Å². The summed E-state index contributed by atoms with van der Waals surface area (Å²) in [6, 6.07) is 10.6.